The zero-order valence-electron chi connectivity index (χ0n) is 11.9. The molecule has 1 saturated heterocycles. The summed E-state index contributed by atoms with van der Waals surface area (Å²) < 4.78 is 25.2. The SMILES string of the molecule is Cn1nc(C2CCCC2)nc1CC1CS(=O)(=O)CCN1. The zero-order valence-corrected chi connectivity index (χ0v) is 12.7. The Hall–Kier alpha value is -0.950. The molecule has 1 aromatic rings. The van der Waals surface area contributed by atoms with Crippen LogP contribution < -0.4 is 5.32 Å². The third-order valence-corrected chi connectivity index (χ3v) is 6.06. The Labute approximate surface area is 119 Å². The van der Waals surface area contributed by atoms with Crippen molar-refractivity contribution in [1.82, 2.24) is 20.1 Å². The van der Waals surface area contributed by atoms with Crippen molar-refractivity contribution in [2.24, 2.45) is 7.05 Å². The molecule has 1 aromatic heterocycles. The van der Waals surface area contributed by atoms with Crippen molar-refractivity contribution < 1.29 is 8.42 Å². The van der Waals surface area contributed by atoms with Gasteiger partial charge in [-0.3, -0.25) is 4.68 Å². The average molecular weight is 298 g/mol. The second kappa shape index (κ2) is 5.44. The summed E-state index contributed by atoms with van der Waals surface area (Å²) in [6.45, 7) is 0.542. The normalized spacial score (nSPS) is 26.9. The molecule has 3 rings (SSSR count). The van der Waals surface area contributed by atoms with Gasteiger partial charge in [0.25, 0.3) is 0 Å². The first kappa shape index (κ1) is 14.0. The van der Waals surface area contributed by atoms with Gasteiger partial charge in [0.1, 0.15) is 5.82 Å². The minimum absolute atomic E-state index is 0.0342. The lowest BCUT2D eigenvalue weighted by molar-refractivity contribution is 0.500. The Morgan fingerprint density at radius 2 is 2.10 bits per heavy atom. The maximum absolute atomic E-state index is 11.7. The van der Waals surface area contributed by atoms with Crippen LogP contribution in [0.2, 0.25) is 0 Å². The van der Waals surface area contributed by atoms with Crippen LogP contribution in [0.4, 0.5) is 0 Å². The molecule has 2 aliphatic rings. The van der Waals surface area contributed by atoms with E-state index in [1.807, 2.05) is 11.7 Å². The maximum atomic E-state index is 11.7. The van der Waals surface area contributed by atoms with E-state index in [2.05, 4.69) is 15.4 Å². The van der Waals surface area contributed by atoms with Gasteiger partial charge in [-0.1, -0.05) is 12.8 Å². The van der Waals surface area contributed by atoms with Gasteiger partial charge in [0.05, 0.1) is 11.5 Å². The third-order valence-electron chi connectivity index (χ3n) is 4.32. The first-order chi connectivity index (χ1) is 9.53. The minimum Gasteiger partial charge on any atom is -0.312 e. The van der Waals surface area contributed by atoms with Crippen LogP contribution in [0, 0.1) is 0 Å². The van der Waals surface area contributed by atoms with Gasteiger partial charge in [-0.2, -0.15) is 5.10 Å². The second-order valence-corrected chi connectivity index (χ2v) is 8.19. The first-order valence-corrected chi connectivity index (χ1v) is 9.19. The van der Waals surface area contributed by atoms with Gasteiger partial charge in [0.2, 0.25) is 0 Å². The molecule has 1 atom stereocenters. The van der Waals surface area contributed by atoms with Crippen molar-refractivity contribution >= 4 is 9.84 Å². The highest BCUT2D eigenvalue weighted by Crippen LogP contribution is 2.32. The van der Waals surface area contributed by atoms with Crippen molar-refractivity contribution in [2.45, 2.75) is 44.1 Å². The molecule has 0 amide bonds. The lowest BCUT2D eigenvalue weighted by Crippen LogP contribution is -2.46. The molecule has 1 aliphatic carbocycles. The fourth-order valence-electron chi connectivity index (χ4n) is 3.19. The molecule has 0 spiro atoms. The van der Waals surface area contributed by atoms with Gasteiger partial charge in [-0.25, -0.2) is 13.4 Å². The number of sulfone groups is 1. The predicted octanol–water partition coefficient (Wildman–Crippen LogP) is 0.402. The molecular formula is C13H22N4O2S. The molecule has 6 nitrogen and oxygen atoms in total. The van der Waals surface area contributed by atoms with Gasteiger partial charge in [0.15, 0.2) is 15.7 Å². The molecule has 7 heteroatoms. The molecule has 0 aromatic carbocycles. The summed E-state index contributed by atoms with van der Waals surface area (Å²) in [5.74, 6) is 2.78. The summed E-state index contributed by atoms with van der Waals surface area (Å²) in [6.07, 6.45) is 5.52. The fraction of sp³-hybridized carbons (Fsp3) is 0.846. The van der Waals surface area contributed by atoms with Crippen LogP contribution in [-0.4, -0.2) is 47.3 Å². The monoisotopic (exact) mass is 298 g/mol. The predicted molar refractivity (Wildman–Crippen MR) is 76.4 cm³/mol. The molecule has 0 bridgehead atoms. The number of hydrogen-bond acceptors (Lipinski definition) is 5. The summed E-state index contributed by atoms with van der Waals surface area (Å²) in [4.78, 5) is 4.65. The molecule has 1 saturated carbocycles. The Kier molecular flexibility index (Phi) is 3.81. The highest BCUT2D eigenvalue weighted by molar-refractivity contribution is 7.91. The highest BCUT2D eigenvalue weighted by Gasteiger charge is 2.27. The van der Waals surface area contributed by atoms with Crippen LogP contribution in [-0.2, 0) is 23.3 Å². The van der Waals surface area contributed by atoms with Gasteiger partial charge < -0.3 is 5.32 Å². The van der Waals surface area contributed by atoms with Crippen LogP contribution in [0.1, 0.15) is 43.3 Å². The largest absolute Gasteiger partial charge is 0.312 e. The second-order valence-electron chi connectivity index (χ2n) is 5.96. The number of aryl methyl sites for hydroxylation is 1. The Morgan fingerprint density at radius 1 is 1.35 bits per heavy atom. The number of aromatic nitrogens is 3. The van der Waals surface area contributed by atoms with Crippen molar-refractivity contribution in [3.05, 3.63) is 11.6 Å². The Bertz CT molecular complexity index is 575. The van der Waals surface area contributed by atoms with Crippen molar-refractivity contribution in [1.29, 1.82) is 0 Å². The van der Waals surface area contributed by atoms with Crippen molar-refractivity contribution in [2.75, 3.05) is 18.1 Å². The molecule has 20 heavy (non-hydrogen) atoms. The minimum atomic E-state index is -2.89. The van der Waals surface area contributed by atoms with E-state index >= 15 is 0 Å². The molecule has 2 heterocycles. The van der Waals surface area contributed by atoms with Gasteiger partial charge in [-0.15, -0.1) is 0 Å². The highest BCUT2D eigenvalue weighted by atomic mass is 32.2. The van der Waals surface area contributed by atoms with Crippen LogP contribution in [0.15, 0.2) is 0 Å². The molecule has 2 fully saturated rings. The van der Waals surface area contributed by atoms with Gasteiger partial charge in [0, 0.05) is 32.0 Å². The topological polar surface area (TPSA) is 76.9 Å². The average Bonchev–Trinajstić information content (AvgIpc) is 2.98. The number of rotatable bonds is 3. The van der Waals surface area contributed by atoms with E-state index in [0.717, 1.165) is 11.6 Å². The van der Waals surface area contributed by atoms with Crippen molar-refractivity contribution in [3.63, 3.8) is 0 Å². The summed E-state index contributed by atoms with van der Waals surface area (Å²) in [6, 6.07) is -0.0342. The molecule has 112 valence electrons. The fourth-order valence-corrected chi connectivity index (χ4v) is 4.64. The van der Waals surface area contributed by atoms with Crippen LogP contribution in [0.25, 0.3) is 0 Å². The van der Waals surface area contributed by atoms with E-state index in [9.17, 15) is 8.42 Å². The van der Waals surface area contributed by atoms with E-state index in [1.165, 1.54) is 25.7 Å². The zero-order chi connectivity index (χ0) is 14.2. The quantitative estimate of drug-likeness (QED) is 0.874. The lowest BCUT2D eigenvalue weighted by Gasteiger charge is -2.22. The summed E-state index contributed by atoms with van der Waals surface area (Å²) in [7, 11) is -0.993. The molecule has 1 unspecified atom stereocenters. The van der Waals surface area contributed by atoms with Gasteiger partial charge >= 0.3 is 0 Å². The van der Waals surface area contributed by atoms with Crippen molar-refractivity contribution in [3.8, 4) is 0 Å². The van der Waals surface area contributed by atoms with Gasteiger partial charge in [-0.05, 0) is 12.8 Å². The number of hydrogen-bond donors (Lipinski definition) is 1. The standard InChI is InChI=1S/C13H22N4O2S/c1-17-12(8-11-9-20(18,19)7-6-14-11)15-13(16-17)10-4-2-3-5-10/h10-11,14H,2-9H2,1H3. The molecule has 1 aliphatic heterocycles. The molecular weight excluding hydrogens is 276 g/mol. The number of nitrogens with zero attached hydrogens (tertiary/aromatic N) is 3. The first-order valence-electron chi connectivity index (χ1n) is 7.37. The van der Waals surface area contributed by atoms with Crippen LogP contribution in [0.3, 0.4) is 0 Å². The summed E-state index contributed by atoms with van der Waals surface area (Å²) >= 11 is 0. The van der Waals surface area contributed by atoms with Crippen LogP contribution >= 0.6 is 0 Å². The van der Waals surface area contributed by atoms with Crippen LogP contribution in [0.5, 0.6) is 0 Å². The molecule has 1 N–H and O–H groups in total. The summed E-state index contributed by atoms with van der Waals surface area (Å²) in [5, 5.41) is 7.79. The van der Waals surface area contributed by atoms with E-state index in [4.69, 9.17) is 0 Å². The van der Waals surface area contributed by atoms with E-state index < -0.39 is 9.84 Å². The summed E-state index contributed by atoms with van der Waals surface area (Å²) in [5.41, 5.74) is 0. The molecule has 0 radical (unpaired) electrons. The third kappa shape index (κ3) is 3.03. The number of nitrogens with one attached hydrogen (secondary N) is 1. The Morgan fingerprint density at radius 3 is 2.80 bits per heavy atom. The lowest BCUT2D eigenvalue weighted by atomic mass is 10.1. The van der Waals surface area contributed by atoms with E-state index in [1.54, 1.807) is 0 Å². The maximum Gasteiger partial charge on any atom is 0.154 e. The van der Waals surface area contributed by atoms with E-state index in [0.29, 0.717) is 18.9 Å². The Balaban J connectivity index is 1.71. The smallest absolute Gasteiger partial charge is 0.154 e. The van der Waals surface area contributed by atoms with E-state index in [-0.39, 0.29) is 17.5 Å².